The van der Waals surface area contributed by atoms with Gasteiger partial charge in [-0.25, -0.2) is 9.97 Å². The maximum Gasteiger partial charge on any atom is 0.411 e. The zero-order valence-corrected chi connectivity index (χ0v) is 12.7. The van der Waals surface area contributed by atoms with Crippen molar-refractivity contribution in [1.29, 1.82) is 0 Å². The molecule has 1 amide bonds. The summed E-state index contributed by atoms with van der Waals surface area (Å²) in [6.07, 6.45) is -0.738. The molecule has 1 saturated heterocycles. The molecule has 2 rings (SSSR count). The molecule has 9 heteroatoms. The number of rotatable bonds is 5. The molecule has 6 nitrogen and oxygen atoms in total. The number of aromatic nitrogens is 2. The van der Waals surface area contributed by atoms with Crippen LogP contribution < -0.4 is 10.2 Å². The summed E-state index contributed by atoms with van der Waals surface area (Å²) >= 11 is 0. The van der Waals surface area contributed by atoms with Crippen molar-refractivity contribution in [2.75, 3.05) is 24.6 Å². The molecule has 1 fully saturated rings. The second kappa shape index (κ2) is 7.58. The van der Waals surface area contributed by atoms with Crippen molar-refractivity contribution < 1.29 is 22.7 Å². The number of alkyl halides is 3. The second-order valence-corrected chi connectivity index (χ2v) is 5.41. The number of amides is 1. The smallest absolute Gasteiger partial charge is 0.359 e. The number of piperidine rings is 1. The predicted octanol–water partition coefficient (Wildman–Crippen LogP) is 1.53. The number of carbonyl (C=O) groups excluding carboxylic acids is 1. The minimum atomic E-state index is -4.44. The van der Waals surface area contributed by atoms with Gasteiger partial charge in [0.2, 0.25) is 11.9 Å². The van der Waals surface area contributed by atoms with Gasteiger partial charge in [-0.05, 0) is 25.8 Å². The van der Waals surface area contributed by atoms with Crippen LogP contribution >= 0.6 is 0 Å². The summed E-state index contributed by atoms with van der Waals surface area (Å²) in [6, 6.07) is 1.55. The SMILES string of the molecule is CC(OCC(F)(F)F)C(=O)NC1CCCN(c2ncccn2)C1. The highest BCUT2D eigenvalue weighted by molar-refractivity contribution is 5.80. The van der Waals surface area contributed by atoms with E-state index in [0.717, 1.165) is 19.4 Å². The summed E-state index contributed by atoms with van der Waals surface area (Å²) in [7, 11) is 0. The summed E-state index contributed by atoms with van der Waals surface area (Å²) in [5, 5.41) is 2.73. The number of hydrogen-bond acceptors (Lipinski definition) is 5. The van der Waals surface area contributed by atoms with E-state index in [1.807, 2.05) is 4.90 Å². The van der Waals surface area contributed by atoms with Crippen LogP contribution in [-0.2, 0) is 9.53 Å². The van der Waals surface area contributed by atoms with E-state index in [1.165, 1.54) is 6.92 Å². The zero-order valence-electron chi connectivity index (χ0n) is 12.7. The van der Waals surface area contributed by atoms with E-state index >= 15 is 0 Å². The van der Waals surface area contributed by atoms with Gasteiger partial charge in [-0.2, -0.15) is 13.2 Å². The number of anilines is 1. The lowest BCUT2D eigenvalue weighted by Gasteiger charge is -2.33. The molecule has 0 aliphatic carbocycles. The van der Waals surface area contributed by atoms with Gasteiger partial charge < -0.3 is 15.0 Å². The third-order valence-electron chi connectivity index (χ3n) is 3.47. The van der Waals surface area contributed by atoms with Gasteiger partial charge in [0.05, 0.1) is 0 Å². The van der Waals surface area contributed by atoms with Crippen LogP contribution in [0, 0.1) is 0 Å². The van der Waals surface area contributed by atoms with Crippen LogP contribution in [0.15, 0.2) is 18.5 Å². The molecule has 1 N–H and O–H groups in total. The Morgan fingerprint density at radius 2 is 2.17 bits per heavy atom. The van der Waals surface area contributed by atoms with Gasteiger partial charge in [0.25, 0.3) is 0 Å². The van der Waals surface area contributed by atoms with Crippen molar-refractivity contribution in [3.05, 3.63) is 18.5 Å². The summed E-state index contributed by atoms with van der Waals surface area (Å²) in [5.41, 5.74) is 0. The number of carbonyl (C=O) groups is 1. The fraction of sp³-hybridized carbons (Fsp3) is 0.643. The zero-order chi connectivity index (χ0) is 16.9. The van der Waals surface area contributed by atoms with Gasteiger partial charge in [0.15, 0.2) is 0 Å². The minimum Gasteiger partial charge on any atom is -0.359 e. The quantitative estimate of drug-likeness (QED) is 0.886. The molecular formula is C14H19F3N4O2. The monoisotopic (exact) mass is 332 g/mol. The summed E-state index contributed by atoms with van der Waals surface area (Å²) in [5.74, 6) is 0.0305. The standard InChI is InChI=1S/C14H19F3N4O2/c1-10(23-9-14(15,16)17)12(22)20-11-4-2-7-21(8-11)13-18-5-3-6-19-13/h3,5-6,10-11H,2,4,7-9H2,1H3,(H,20,22). The first-order valence-electron chi connectivity index (χ1n) is 7.36. The van der Waals surface area contributed by atoms with Crippen LogP contribution in [0.25, 0.3) is 0 Å². The first-order valence-corrected chi connectivity index (χ1v) is 7.36. The van der Waals surface area contributed by atoms with Gasteiger partial charge in [-0.15, -0.1) is 0 Å². The molecule has 2 unspecified atom stereocenters. The van der Waals surface area contributed by atoms with Crippen LogP contribution in [0.5, 0.6) is 0 Å². The lowest BCUT2D eigenvalue weighted by atomic mass is 10.1. The van der Waals surface area contributed by atoms with Crippen molar-refractivity contribution in [1.82, 2.24) is 15.3 Å². The fourth-order valence-electron chi connectivity index (χ4n) is 2.34. The van der Waals surface area contributed by atoms with Gasteiger partial charge in [-0.1, -0.05) is 0 Å². The molecule has 2 heterocycles. The second-order valence-electron chi connectivity index (χ2n) is 5.41. The number of nitrogens with zero attached hydrogens (tertiary/aromatic N) is 3. The number of hydrogen-bond donors (Lipinski definition) is 1. The molecule has 2 atom stereocenters. The van der Waals surface area contributed by atoms with Crippen LogP contribution in [0.4, 0.5) is 19.1 Å². The Morgan fingerprint density at radius 3 is 2.83 bits per heavy atom. The van der Waals surface area contributed by atoms with E-state index in [4.69, 9.17) is 0 Å². The Kier molecular flexibility index (Phi) is 5.75. The van der Waals surface area contributed by atoms with E-state index in [-0.39, 0.29) is 6.04 Å². The van der Waals surface area contributed by atoms with Crippen LogP contribution in [0.1, 0.15) is 19.8 Å². The molecule has 128 valence electrons. The van der Waals surface area contributed by atoms with Crippen molar-refractivity contribution in [3.63, 3.8) is 0 Å². The summed E-state index contributed by atoms with van der Waals surface area (Å²) in [4.78, 5) is 22.2. The predicted molar refractivity (Wildman–Crippen MR) is 76.9 cm³/mol. The Bertz CT molecular complexity index is 512. The highest BCUT2D eigenvalue weighted by atomic mass is 19.4. The maximum atomic E-state index is 12.1. The van der Waals surface area contributed by atoms with Crippen molar-refractivity contribution in [2.45, 2.75) is 38.1 Å². The Balaban J connectivity index is 1.83. The van der Waals surface area contributed by atoms with Crippen molar-refractivity contribution in [3.8, 4) is 0 Å². The summed E-state index contributed by atoms with van der Waals surface area (Å²) in [6.45, 7) is 1.16. The highest BCUT2D eigenvalue weighted by Crippen LogP contribution is 2.17. The lowest BCUT2D eigenvalue weighted by Crippen LogP contribution is -2.50. The lowest BCUT2D eigenvalue weighted by molar-refractivity contribution is -0.185. The molecule has 1 aliphatic rings. The molecule has 1 aromatic heterocycles. The highest BCUT2D eigenvalue weighted by Gasteiger charge is 2.31. The first kappa shape index (κ1) is 17.5. The Morgan fingerprint density at radius 1 is 1.48 bits per heavy atom. The topological polar surface area (TPSA) is 67.3 Å². The largest absolute Gasteiger partial charge is 0.411 e. The molecule has 0 bridgehead atoms. The normalized spacial score (nSPS) is 20.2. The molecule has 0 saturated carbocycles. The van der Waals surface area contributed by atoms with Gasteiger partial charge in [0, 0.05) is 31.5 Å². The van der Waals surface area contributed by atoms with E-state index < -0.39 is 24.8 Å². The molecular weight excluding hydrogens is 313 g/mol. The van der Waals surface area contributed by atoms with Crippen LogP contribution in [-0.4, -0.2) is 53.9 Å². The van der Waals surface area contributed by atoms with E-state index in [9.17, 15) is 18.0 Å². The average molecular weight is 332 g/mol. The fourth-order valence-corrected chi connectivity index (χ4v) is 2.34. The maximum absolute atomic E-state index is 12.1. The summed E-state index contributed by atoms with van der Waals surface area (Å²) < 4.78 is 40.8. The van der Waals surface area contributed by atoms with E-state index in [1.54, 1.807) is 18.5 Å². The molecule has 1 aromatic rings. The molecule has 1 aliphatic heterocycles. The van der Waals surface area contributed by atoms with Gasteiger partial charge in [-0.3, -0.25) is 4.79 Å². The van der Waals surface area contributed by atoms with E-state index in [2.05, 4.69) is 20.0 Å². The molecule has 23 heavy (non-hydrogen) atoms. The molecule has 0 radical (unpaired) electrons. The molecule has 0 spiro atoms. The number of halogens is 3. The van der Waals surface area contributed by atoms with Crippen LogP contribution in [0.3, 0.4) is 0 Å². The number of nitrogens with one attached hydrogen (secondary N) is 1. The van der Waals surface area contributed by atoms with E-state index in [0.29, 0.717) is 12.5 Å². The van der Waals surface area contributed by atoms with Crippen molar-refractivity contribution >= 4 is 11.9 Å². The van der Waals surface area contributed by atoms with Crippen LogP contribution in [0.2, 0.25) is 0 Å². The van der Waals surface area contributed by atoms with Crippen molar-refractivity contribution in [2.24, 2.45) is 0 Å². The Labute approximate surface area is 132 Å². The Hall–Kier alpha value is -1.90. The molecule has 0 aromatic carbocycles. The van der Waals surface area contributed by atoms with Gasteiger partial charge >= 0.3 is 6.18 Å². The average Bonchev–Trinajstić information content (AvgIpc) is 2.53. The first-order chi connectivity index (χ1) is 10.8. The van der Waals surface area contributed by atoms with Gasteiger partial charge in [0.1, 0.15) is 12.7 Å². The number of ether oxygens (including phenoxy) is 1. The minimum absolute atomic E-state index is 0.169. The third kappa shape index (κ3) is 5.66. The third-order valence-corrected chi connectivity index (χ3v) is 3.47.